The van der Waals surface area contributed by atoms with Crippen LogP contribution < -0.4 is 0 Å². The number of rotatable bonds is 4. The standard InChI is InChI=1S/C20H19N5OS/c26-19(11-15-12-25-8-9-27-20(25)21-15)24-7-6-17-16(13-24)18(23-22-17)10-14-4-2-1-3-5-14/h1-5,8-9,12H,6-7,10-11,13H2,(H,22,23). The summed E-state index contributed by atoms with van der Waals surface area (Å²) in [7, 11) is 0. The molecule has 27 heavy (non-hydrogen) atoms. The van der Waals surface area contributed by atoms with Crippen LogP contribution in [0.3, 0.4) is 0 Å². The molecule has 0 atom stereocenters. The SMILES string of the molecule is O=C(Cc1cn2ccsc2n1)N1CCc2[nH]nc(Cc3ccccc3)c2C1. The minimum absolute atomic E-state index is 0.123. The molecule has 0 bridgehead atoms. The molecule has 5 rings (SSSR count). The van der Waals surface area contributed by atoms with Crippen molar-refractivity contribution in [1.29, 1.82) is 0 Å². The fraction of sp³-hybridized carbons (Fsp3) is 0.250. The van der Waals surface area contributed by atoms with Crippen LogP contribution in [-0.2, 0) is 30.6 Å². The normalized spacial score (nSPS) is 13.9. The molecule has 1 aromatic carbocycles. The quantitative estimate of drug-likeness (QED) is 0.595. The van der Waals surface area contributed by atoms with E-state index in [1.807, 2.05) is 45.3 Å². The number of aromatic amines is 1. The molecule has 0 fully saturated rings. The number of carbonyl (C=O) groups is 1. The molecular weight excluding hydrogens is 358 g/mol. The molecule has 4 aromatic rings. The van der Waals surface area contributed by atoms with E-state index in [-0.39, 0.29) is 5.91 Å². The van der Waals surface area contributed by atoms with Crippen molar-refractivity contribution < 1.29 is 4.79 Å². The lowest BCUT2D eigenvalue weighted by molar-refractivity contribution is -0.131. The number of hydrogen-bond donors (Lipinski definition) is 1. The van der Waals surface area contributed by atoms with Gasteiger partial charge in [0.1, 0.15) is 0 Å². The molecule has 0 spiro atoms. The van der Waals surface area contributed by atoms with E-state index in [0.29, 0.717) is 13.0 Å². The predicted molar refractivity (Wildman–Crippen MR) is 104 cm³/mol. The molecule has 7 heteroatoms. The second-order valence-corrected chi connectivity index (χ2v) is 7.73. The number of nitrogens with zero attached hydrogens (tertiary/aromatic N) is 4. The highest BCUT2D eigenvalue weighted by Crippen LogP contribution is 2.23. The zero-order chi connectivity index (χ0) is 18.2. The summed E-state index contributed by atoms with van der Waals surface area (Å²) in [4.78, 5) is 20.2. The van der Waals surface area contributed by atoms with Crippen molar-refractivity contribution in [2.45, 2.75) is 25.8 Å². The van der Waals surface area contributed by atoms with Gasteiger partial charge in [-0.2, -0.15) is 5.10 Å². The van der Waals surface area contributed by atoms with Gasteiger partial charge in [0.25, 0.3) is 0 Å². The first kappa shape index (κ1) is 16.3. The maximum absolute atomic E-state index is 12.8. The zero-order valence-electron chi connectivity index (χ0n) is 14.8. The lowest BCUT2D eigenvalue weighted by Gasteiger charge is -2.27. The maximum atomic E-state index is 12.8. The number of amides is 1. The first-order chi connectivity index (χ1) is 13.3. The third kappa shape index (κ3) is 3.14. The van der Waals surface area contributed by atoms with Crippen molar-refractivity contribution in [3.63, 3.8) is 0 Å². The molecule has 3 aromatic heterocycles. The maximum Gasteiger partial charge on any atom is 0.228 e. The molecule has 0 aliphatic carbocycles. The van der Waals surface area contributed by atoms with Gasteiger partial charge in [0.05, 0.1) is 17.8 Å². The van der Waals surface area contributed by atoms with Crippen molar-refractivity contribution in [3.05, 3.63) is 76.3 Å². The third-order valence-electron chi connectivity index (χ3n) is 5.06. The van der Waals surface area contributed by atoms with Crippen molar-refractivity contribution in [3.8, 4) is 0 Å². The molecule has 1 amide bonds. The van der Waals surface area contributed by atoms with E-state index < -0.39 is 0 Å². The average Bonchev–Trinajstić information content (AvgIpc) is 3.37. The minimum atomic E-state index is 0.123. The van der Waals surface area contributed by atoms with Gasteiger partial charge in [-0.15, -0.1) is 11.3 Å². The van der Waals surface area contributed by atoms with Crippen LogP contribution in [-0.4, -0.2) is 36.9 Å². The van der Waals surface area contributed by atoms with Crippen LogP contribution in [0.5, 0.6) is 0 Å². The smallest absolute Gasteiger partial charge is 0.228 e. The molecule has 1 aliphatic rings. The van der Waals surface area contributed by atoms with Gasteiger partial charge in [-0.25, -0.2) is 4.98 Å². The Bertz CT molecular complexity index is 1070. The third-order valence-corrected chi connectivity index (χ3v) is 5.83. The van der Waals surface area contributed by atoms with Crippen LogP contribution in [0.2, 0.25) is 0 Å². The van der Waals surface area contributed by atoms with Gasteiger partial charge in [-0.1, -0.05) is 30.3 Å². The Kier molecular flexibility index (Phi) is 4.01. The van der Waals surface area contributed by atoms with Gasteiger partial charge in [0, 0.05) is 55.0 Å². The number of imidazole rings is 1. The molecule has 6 nitrogen and oxygen atoms in total. The molecule has 0 radical (unpaired) electrons. The zero-order valence-corrected chi connectivity index (χ0v) is 15.6. The monoisotopic (exact) mass is 377 g/mol. The molecule has 136 valence electrons. The highest BCUT2D eigenvalue weighted by atomic mass is 32.1. The molecular formula is C20H19N5OS. The Balaban J connectivity index is 1.31. The van der Waals surface area contributed by atoms with Crippen molar-refractivity contribution in [2.75, 3.05) is 6.54 Å². The van der Waals surface area contributed by atoms with Crippen molar-refractivity contribution in [1.82, 2.24) is 24.5 Å². The van der Waals surface area contributed by atoms with E-state index in [9.17, 15) is 4.79 Å². The minimum Gasteiger partial charge on any atom is -0.338 e. The fourth-order valence-electron chi connectivity index (χ4n) is 3.63. The van der Waals surface area contributed by atoms with Gasteiger partial charge >= 0.3 is 0 Å². The second kappa shape index (κ2) is 6.66. The Morgan fingerprint density at radius 1 is 1.26 bits per heavy atom. The van der Waals surface area contributed by atoms with Crippen molar-refractivity contribution in [2.24, 2.45) is 0 Å². The van der Waals surface area contributed by atoms with Gasteiger partial charge in [-0.05, 0) is 5.56 Å². The number of H-pyrrole nitrogens is 1. The highest BCUT2D eigenvalue weighted by Gasteiger charge is 2.25. The van der Waals surface area contributed by atoms with E-state index in [4.69, 9.17) is 0 Å². The van der Waals surface area contributed by atoms with Crippen LogP contribution in [0.25, 0.3) is 4.96 Å². The topological polar surface area (TPSA) is 66.3 Å². The first-order valence-corrected chi connectivity index (χ1v) is 9.92. The van der Waals surface area contributed by atoms with E-state index >= 15 is 0 Å². The number of benzene rings is 1. The van der Waals surface area contributed by atoms with E-state index in [1.54, 1.807) is 11.3 Å². The average molecular weight is 377 g/mol. The van der Waals surface area contributed by atoms with Crippen LogP contribution >= 0.6 is 11.3 Å². The lowest BCUT2D eigenvalue weighted by Crippen LogP contribution is -2.37. The molecule has 1 aliphatic heterocycles. The van der Waals surface area contributed by atoms with Crippen LogP contribution in [0.4, 0.5) is 0 Å². The van der Waals surface area contributed by atoms with E-state index in [2.05, 4.69) is 27.3 Å². The van der Waals surface area contributed by atoms with Crippen molar-refractivity contribution >= 4 is 22.2 Å². The Labute approximate surface area is 160 Å². The summed E-state index contributed by atoms with van der Waals surface area (Å²) in [6.45, 7) is 1.34. The van der Waals surface area contributed by atoms with Gasteiger partial charge < -0.3 is 4.90 Å². The summed E-state index contributed by atoms with van der Waals surface area (Å²) < 4.78 is 1.97. The fourth-order valence-corrected chi connectivity index (χ4v) is 4.35. The number of carbonyl (C=O) groups excluding carboxylic acids is 1. The molecule has 1 N–H and O–H groups in total. The largest absolute Gasteiger partial charge is 0.338 e. The van der Waals surface area contributed by atoms with Gasteiger partial charge in [0.2, 0.25) is 5.91 Å². The van der Waals surface area contributed by atoms with E-state index in [0.717, 1.165) is 41.4 Å². The summed E-state index contributed by atoms with van der Waals surface area (Å²) in [5.74, 6) is 0.123. The predicted octanol–water partition coefficient (Wildman–Crippen LogP) is 2.84. The number of hydrogen-bond acceptors (Lipinski definition) is 4. The molecule has 0 saturated heterocycles. The number of thiazole rings is 1. The summed E-state index contributed by atoms with van der Waals surface area (Å²) in [6.07, 6.45) is 5.86. The Hall–Kier alpha value is -2.93. The van der Waals surface area contributed by atoms with Crippen LogP contribution in [0.15, 0.2) is 48.1 Å². The summed E-state index contributed by atoms with van der Waals surface area (Å²) in [5, 5.41) is 9.68. The molecule has 0 saturated carbocycles. The van der Waals surface area contributed by atoms with E-state index in [1.165, 1.54) is 11.1 Å². The number of nitrogens with one attached hydrogen (secondary N) is 1. The van der Waals surface area contributed by atoms with Gasteiger partial charge in [0.15, 0.2) is 4.96 Å². The number of aromatic nitrogens is 4. The first-order valence-electron chi connectivity index (χ1n) is 9.04. The van der Waals surface area contributed by atoms with Crippen LogP contribution in [0.1, 0.15) is 28.2 Å². The highest BCUT2D eigenvalue weighted by molar-refractivity contribution is 7.15. The Morgan fingerprint density at radius 2 is 2.15 bits per heavy atom. The summed E-state index contributed by atoms with van der Waals surface area (Å²) in [5.41, 5.74) is 5.43. The molecule has 4 heterocycles. The van der Waals surface area contributed by atoms with Gasteiger partial charge in [-0.3, -0.25) is 14.3 Å². The number of fused-ring (bicyclic) bond motifs is 2. The summed E-state index contributed by atoms with van der Waals surface area (Å²) in [6, 6.07) is 10.3. The molecule has 0 unspecified atom stereocenters. The second-order valence-electron chi connectivity index (χ2n) is 6.86. The summed E-state index contributed by atoms with van der Waals surface area (Å²) >= 11 is 1.58. The van der Waals surface area contributed by atoms with Crippen LogP contribution in [0, 0.1) is 0 Å². The lowest BCUT2D eigenvalue weighted by atomic mass is 10.0. The Morgan fingerprint density at radius 3 is 3.00 bits per heavy atom.